The van der Waals surface area contributed by atoms with E-state index in [9.17, 15) is 18.4 Å². The van der Waals surface area contributed by atoms with Crippen LogP contribution in [0.3, 0.4) is 0 Å². The van der Waals surface area contributed by atoms with Crippen molar-refractivity contribution in [2.24, 2.45) is 5.92 Å². The van der Waals surface area contributed by atoms with Crippen molar-refractivity contribution in [3.63, 3.8) is 0 Å². The highest BCUT2D eigenvalue weighted by molar-refractivity contribution is 6.00. The molecule has 6 nitrogen and oxygen atoms in total. The predicted octanol–water partition coefficient (Wildman–Crippen LogP) is 4.95. The Balaban J connectivity index is 1.70. The average molecular weight is 483 g/mol. The maximum atomic E-state index is 14.5. The Kier molecular flexibility index (Phi) is 7.48. The summed E-state index contributed by atoms with van der Waals surface area (Å²) in [5.74, 6) is -1.25. The van der Waals surface area contributed by atoms with Crippen molar-refractivity contribution in [3.05, 3.63) is 78.0 Å². The van der Waals surface area contributed by atoms with E-state index in [0.717, 1.165) is 18.2 Å². The van der Waals surface area contributed by atoms with Crippen LogP contribution in [0.25, 0.3) is 10.9 Å². The van der Waals surface area contributed by atoms with E-state index < -0.39 is 11.6 Å². The molecule has 35 heavy (non-hydrogen) atoms. The minimum atomic E-state index is -0.555. The fourth-order valence-corrected chi connectivity index (χ4v) is 4.45. The van der Waals surface area contributed by atoms with Crippen LogP contribution in [-0.2, 0) is 16.1 Å². The molecule has 0 aliphatic carbocycles. The Morgan fingerprint density at radius 3 is 2.63 bits per heavy atom. The van der Waals surface area contributed by atoms with Crippen LogP contribution in [0.2, 0.25) is 0 Å². The number of hydrogen-bond donors (Lipinski definition) is 0. The zero-order chi connectivity index (χ0) is 24.9. The number of hydrogen-bond acceptors (Lipinski definition) is 4. The highest BCUT2D eigenvalue weighted by Gasteiger charge is 2.30. The van der Waals surface area contributed by atoms with Gasteiger partial charge in [-0.3, -0.25) is 9.59 Å². The molecule has 0 unspecified atom stereocenters. The van der Waals surface area contributed by atoms with Gasteiger partial charge in [0.25, 0.3) is 5.91 Å². The second-order valence-electron chi connectivity index (χ2n) is 8.46. The van der Waals surface area contributed by atoms with Gasteiger partial charge >= 0.3 is 5.97 Å². The molecule has 184 valence electrons. The summed E-state index contributed by atoms with van der Waals surface area (Å²) in [6, 6.07) is 10.4. The third kappa shape index (κ3) is 5.21. The van der Waals surface area contributed by atoms with Crippen molar-refractivity contribution in [2.75, 3.05) is 26.3 Å². The lowest BCUT2D eigenvalue weighted by molar-refractivity contribution is -0.149. The zero-order valence-corrected chi connectivity index (χ0v) is 19.6. The molecule has 0 bridgehead atoms. The fraction of sp³-hybridized carbons (Fsp3) is 0.333. The number of carbonyl (C=O) groups is 2. The van der Waals surface area contributed by atoms with E-state index in [1.54, 1.807) is 40.7 Å². The number of piperidine rings is 1. The topological polar surface area (TPSA) is 60.8 Å². The van der Waals surface area contributed by atoms with Gasteiger partial charge in [-0.1, -0.05) is 18.7 Å². The van der Waals surface area contributed by atoms with Crippen LogP contribution in [0, 0.1) is 17.6 Å². The molecule has 1 fully saturated rings. The lowest BCUT2D eigenvalue weighted by atomic mass is 9.97. The van der Waals surface area contributed by atoms with Crippen molar-refractivity contribution in [1.82, 2.24) is 9.47 Å². The molecule has 2 heterocycles. The summed E-state index contributed by atoms with van der Waals surface area (Å²) in [5, 5.41) is 0.691. The van der Waals surface area contributed by atoms with E-state index in [-0.39, 0.29) is 36.5 Å². The first-order chi connectivity index (χ1) is 16.9. The van der Waals surface area contributed by atoms with Crippen molar-refractivity contribution in [3.8, 4) is 5.75 Å². The van der Waals surface area contributed by atoms with Crippen LogP contribution in [0.15, 0.2) is 55.1 Å². The van der Waals surface area contributed by atoms with Crippen LogP contribution in [-0.4, -0.2) is 47.6 Å². The summed E-state index contributed by atoms with van der Waals surface area (Å²) in [4.78, 5) is 27.4. The predicted molar refractivity (Wildman–Crippen MR) is 128 cm³/mol. The molecule has 8 heteroatoms. The molecular weight excluding hydrogens is 454 g/mol. The first-order valence-corrected chi connectivity index (χ1v) is 11.7. The number of aromatic nitrogens is 1. The van der Waals surface area contributed by atoms with E-state index in [4.69, 9.17) is 9.47 Å². The number of amides is 1. The molecule has 3 aromatic rings. The van der Waals surface area contributed by atoms with Crippen molar-refractivity contribution in [1.29, 1.82) is 0 Å². The van der Waals surface area contributed by atoms with E-state index in [1.165, 1.54) is 0 Å². The number of ether oxygens (including phenoxy) is 2. The highest BCUT2D eigenvalue weighted by atomic mass is 19.1. The zero-order valence-electron chi connectivity index (χ0n) is 19.6. The largest absolute Gasteiger partial charge is 0.489 e. The van der Waals surface area contributed by atoms with Crippen LogP contribution in [0.4, 0.5) is 8.78 Å². The molecule has 0 radical (unpaired) electrons. The average Bonchev–Trinajstić information content (AvgIpc) is 3.23. The third-order valence-electron chi connectivity index (χ3n) is 6.22. The number of nitrogens with zero attached hydrogens (tertiary/aromatic N) is 2. The Bertz CT molecular complexity index is 1250. The van der Waals surface area contributed by atoms with Gasteiger partial charge in [-0.05, 0) is 56.2 Å². The number of rotatable bonds is 8. The standard InChI is InChI=1S/C27H28F2N2O4/c1-3-14-35-25-7-5-6-23-21(25)16-24(31(23)17-19-15-20(28)8-9-22(19)29)26(32)30-12-10-18(11-13-30)27(33)34-4-2/h3,5-9,15-16,18H,1,4,10-14,17H2,2H3. The molecular formula is C27H28F2N2O4. The molecule has 4 rings (SSSR count). The molecule has 0 atom stereocenters. The second kappa shape index (κ2) is 10.7. The Labute approximate surface area is 202 Å². The number of likely N-dealkylation sites (tertiary alicyclic amines) is 1. The summed E-state index contributed by atoms with van der Waals surface area (Å²) in [6.07, 6.45) is 2.64. The van der Waals surface area contributed by atoms with Crippen LogP contribution in [0.5, 0.6) is 5.75 Å². The van der Waals surface area contributed by atoms with Gasteiger partial charge < -0.3 is 18.9 Å². The van der Waals surface area contributed by atoms with Gasteiger partial charge in [-0.15, -0.1) is 0 Å². The number of halogens is 2. The van der Waals surface area contributed by atoms with Gasteiger partial charge in [0, 0.05) is 24.0 Å². The van der Waals surface area contributed by atoms with E-state index >= 15 is 0 Å². The quantitative estimate of drug-likeness (QED) is 0.337. The molecule has 1 saturated heterocycles. The van der Waals surface area contributed by atoms with Crippen molar-refractivity contribution in [2.45, 2.75) is 26.3 Å². The lowest BCUT2D eigenvalue weighted by Gasteiger charge is -2.31. The minimum Gasteiger partial charge on any atom is -0.489 e. The monoisotopic (exact) mass is 482 g/mol. The molecule has 0 N–H and O–H groups in total. The third-order valence-corrected chi connectivity index (χ3v) is 6.22. The maximum absolute atomic E-state index is 14.5. The van der Waals surface area contributed by atoms with Gasteiger partial charge in [0.2, 0.25) is 0 Å². The van der Waals surface area contributed by atoms with Gasteiger partial charge in [0.15, 0.2) is 0 Å². The first-order valence-electron chi connectivity index (χ1n) is 11.7. The van der Waals surface area contributed by atoms with E-state index in [0.29, 0.717) is 54.9 Å². The smallest absolute Gasteiger partial charge is 0.309 e. The number of fused-ring (bicyclic) bond motifs is 1. The maximum Gasteiger partial charge on any atom is 0.309 e. The molecule has 1 aliphatic rings. The van der Waals surface area contributed by atoms with Crippen molar-refractivity contribution < 1.29 is 27.8 Å². The molecule has 1 aromatic heterocycles. The molecule has 1 aliphatic heterocycles. The van der Waals surface area contributed by atoms with E-state index in [1.807, 2.05) is 6.07 Å². The molecule has 0 spiro atoms. The second-order valence-corrected chi connectivity index (χ2v) is 8.46. The number of carbonyl (C=O) groups excluding carboxylic acids is 2. The fourth-order valence-electron chi connectivity index (χ4n) is 4.45. The van der Waals surface area contributed by atoms with Crippen LogP contribution >= 0.6 is 0 Å². The SMILES string of the molecule is C=CCOc1cccc2c1cc(C(=O)N1CCC(C(=O)OCC)CC1)n2Cc1cc(F)ccc1F. The summed E-state index contributed by atoms with van der Waals surface area (Å²) in [6.45, 7) is 6.82. The Morgan fingerprint density at radius 2 is 1.91 bits per heavy atom. The highest BCUT2D eigenvalue weighted by Crippen LogP contribution is 2.31. The molecule has 2 aromatic carbocycles. The summed E-state index contributed by atoms with van der Waals surface area (Å²) >= 11 is 0. The molecule has 1 amide bonds. The summed E-state index contributed by atoms with van der Waals surface area (Å²) < 4.78 is 41.0. The first kappa shape index (κ1) is 24.4. The van der Waals surface area contributed by atoms with Gasteiger partial charge in [-0.2, -0.15) is 0 Å². The van der Waals surface area contributed by atoms with Crippen molar-refractivity contribution >= 4 is 22.8 Å². The van der Waals surface area contributed by atoms with Gasteiger partial charge in [0.05, 0.1) is 24.6 Å². The Morgan fingerprint density at radius 1 is 1.14 bits per heavy atom. The summed E-state index contributed by atoms with van der Waals surface area (Å²) in [5.41, 5.74) is 1.14. The molecule has 0 saturated carbocycles. The normalized spacial score (nSPS) is 14.2. The minimum absolute atomic E-state index is 0.0294. The number of esters is 1. The van der Waals surface area contributed by atoms with Gasteiger partial charge in [0.1, 0.15) is 29.7 Å². The van der Waals surface area contributed by atoms with E-state index in [2.05, 4.69) is 6.58 Å². The van der Waals surface area contributed by atoms with Crippen LogP contribution < -0.4 is 4.74 Å². The summed E-state index contributed by atoms with van der Waals surface area (Å²) in [7, 11) is 0. The van der Waals surface area contributed by atoms with Crippen LogP contribution in [0.1, 0.15) is 35.8 Å². The lowest BCUT2D eigenvalue weighted by Crippen LogP contribution is -2.41. The van der Waals surface area contributed by atoms with Gasteiger partial charge in [-0.25, -0.2) is 8.78 Å². The number of benzene rings is 2. The Hall–Kier alpha value is -3.68.